The fourth-order valence-electron chi connectivity index (χ4n) is 2.40. The molecule has 128 valence electrons. The molecule has 2 aromatic carbocycles. The largest absolute Gasteiger partial charge is 0.345 e. The molecule has 3 rings (SSSR count). The van der Waals surface area contributed by atoms with E-state index in [0.29, 0.717) is 15.7 Å². The lowest BCUT2D eigenvalue weighted by Gasteiger charge is -2.13. The van der Waals surface area contributed by atoms with E-state index in [1.165, 1.54) is 23.5 Å². The molecule has 0 fully saturated rings. The van der Waals surface area contributed by atoms with Crippen LogP contribution in [0.25, 0.3) is 0 Å². The van der Waals surface area contributed by atoms with Gasteiger partial charge in [-0.25, -0.2) is 9.37 Å². The molecule has 0 radical (unpaired) electrons. The van der Waals surface area contributed by atoms with Gasteiger partial charge in [0.2, 0.25) is 0 Å². The number of halogens is 1. The van der Waals surface area contributed by atoms with E-state index in [9.17, 15) is 9.18 Å². The van der Waals surface area contributed by atoms with Gasteiger partial charge in [0, 0.05) is 5.69 Å². The number of aryl methyl sites for hydroxylation is 1. The molecule has 2 N–H and O–H groups in total. The number of carbonyl (C=O) groups excluding carboxylic acids is 1. The summed E-state index contributed by atoms with van der Waals surface area (Å²) in [6, 6.07) is 15.7. The van der Waals surface area contributed by atoms with Gasteiger partial charge in [-0.3, -0.25) is 4.79 Å². The van der Waals surface area contributed by atoms with E-state index in [0.717, 1.165) is 11.3 Å². The number of aromatic nitrogens is 1. The Kier molecular flexibility index (Phi) is 5.09. The first-order valence-corrected chi connectivity index (χ1v) is 8.70. The normalized spacial score (nSPS) is 11.8. The van der Waals surface area contributed by atoms with E-state index >= 15 is 0 Å². The monoisotopic (exact) mass is 355 g/mol. The van der Waals surface area contributed by atoms with Gasteiger partial charge in [-0.1, -0.05) is 41.7 Å². The average Bonchev–Trinajstić information content (AvgIpc) is 2.98. The van der Waals surface area contributed by atoms with Crippen molar-refractivity contribution in [3.8, 4) is 0 Å². The number of nitrogens with zero attached hydrogens (tertiary/aromatic N) is 1. The van der Waals surface area contributed by atoms with Crippen LogP contribution in [0.2, 0.25) is 0 Å². The summed E-state index contributed by atoms with van der Waals surface area (Å²) in [6.07, 6.45) is 0. The second-order valence-electron chi connectivity index (χ2n) is 5.67. The lowest BCUT2D eigenvalue weighted by atomic mass is 10.1. The third kappa shape index (κ3) is 4.22. The van der Waals surface area contributed by atoms with Crippen LogP contribution in [0.15, 0.2) is 54.6 Å². The molecule has 0 unspecified atom stereocenters. The average molecular weight is 355 g/mol. The van der Waals surface area contributed by atoms with E-state index in [4.69, 9.17) is 0 Å². The van der Waals surface area contributed by atoms with Crippen LogP contribution in [0.5, 0.6) is 0 Å². The highest BCUT2D eigenvalue weighted by atomic mass is 32.1. The Labute approximate surface area is 149 Å². The van der Waals surface area contributed by atoms with Crippen LogP contribution >= 0.6 is 11.3 Å². The summed E-state index contributed by atoms with van der Waals surface area (Å²) >= 11 is 1.28. The standard InChI is InChI=1S/C19H18FN3OS/c1-12(14-6-4-3-5-7-14)21-18(24)17-13(2)22-19(25-17)23-16-10-8-15(20)9-11-16/h3-12H,1-2H3,(H,21,24)(H,22,23)/t12-/m0/s1. The van der Waals surface area contributed by atoms with Gasteiger partial charge in [-0.05, 0) is 43.7 Å². The summed E-state index contributed by atoms with van der Waals surface area (Å²) in [6.45, 7) is 3.75. The highest BCUT2D eigenvalue weighted by Crippen LogP contribution is 2.26. The van der Waals surface area contributed by atoms with Crippen molar-refractivity contribution < 1.29 is 9.18 Å². The number of benzene rings is 2. The molecule has 6 heteroatoms. The topological polar surface area (TPSA) is 54.0 Å². The molecule has 1 aromatic heterocycles. The minimum atomic E-state index is -0.296. The Bertz CT molecular complexity index is 862. The van der Waals surface area contributed by atoms with Crippen LogP contribution < -0.4 is 10.6 Å². The fraction of sp³-hybridized carbons (Fsp3) is 0.158. The first kappa shape index (κ1) is 17.1. The quantitative estimate of drug-likeness (QED) is 0.689. The molecule has 0 aliphatic heterocycles. The number of thiazole rings is 1. The van der Waals surface area contributed by atoms with Crippen molar-refractivity contribution in [2.45, 2.75) is 19.9 Å². The number of nitrogens with one attached hydrogen (secondary N) is 2. The van der Waals surface area contributed by atoms with Crippen LogP contribution in [0.1, 0.15) is 33.9 Å². The molecule has 25 heavy (non-hydrogen) atoms. The van der Waals surface area contributed by atoms with Crippen LogP contribution in [-0.4, -0.2) is 10.9 Å². The Morgan fingerprint density at radius 2 is 1.80 bits per heavy atom. The minimum Gasteiger partial charge on any atom is -0.345 e. The maximum absolute atomic E-state index is 13.0. The van der Waals surface area contributed by atoms with Crippen LogP contribution in [-0.2, 0) is 0 Å². The summed E-state index contributed by atoms with van der Waals surface area (Å²) in [5.41, 5.74) is 2.43. The van der Waals surface area contributed by atoms with Gasteiger partial charge >= 0.3 is 0 Å². The Hall–Kier alpha value is -2.73. The van der Waals surface area contributed by atoms with Gasteiger partial charge in [0.1, 0.15) is 10.7 Å². The third-order valence-electron chi connectivity index (χ3n) is 3.75. The van der Waals surface area contributed by atoms with Gasteiger partial charge in [-0.15, -0.1) is 0 Å². The summed E-state index contributed by atoms with van der Waals surface area (Å²) in [4.78, 5) is 17.5. The zero-order chi connectivity index (χ0) is 17.8. The molecule has 0 bridgehead atoms. The molecule has 0 saturated heterocycles. The molecule has 0 saturated carbocycles. The molecule has 1 atom stereocenters. The van der Waals surface area contributed by atoms with Crippen LogP contribution in [0.4, 0.5) is 15.2 Å². The predicted octanol–water partition coefficient (Wildman–Crippen LogP) is 4.83. The summed E-state index contributed by atoms with van der Waals surface area (Å²) in [7, 11) is 0. The van der Waals surface area contributed by atoms with Gasteiger partial charge in [-0.2, -0.15) is 0 Å². The first-order chi connectivity index (χ1) is 12.0. The Morgan fingerprint density at radius 3 is 2.48 bits per heavy atom. The summed E-state index contributed by atoms with van der Waals surface area (Å²) in [5, 5.41) is 6.68. The van der Waals surface area contributed by atoms with Gasteiger partial charge in [0.15, 0.2) is 5.13 Å². The lowest BCUT2D eigenvalue weighted by molar-refractivity contribution is 0.0943. The van der Waals surface area contributed by atoms with Gasteiger partial charge in [0.05, 0.1) is 11.7 Å². The van der Waals surface area contributed by atoms with Crippen molar-refractivity contribution in [3.05, 3.63) is 76.5 Å². The number of hydrogen-bond acceptors (Lipinski definition) is 4. The van der Waals surface area contributed by atoms with Crippen LogP contribution in [0, 0.1) is 12.7 Å². The smallest absolute Gasteiger partial charge is 0.263 e. The highest BCUT2D eigenvalue weighted by molar-refractivity contribution is 7.17. The lowest BCUT2D eigenvalue weighted by Crippen LogP contribution is -2.26. The number of rotatable bonds is 5. The van der Waals surface area contributed by atoms with E-state index in [-0.39, 0.29) is 17.8 Å². The molecule has 0 aliphatic carbocycles. The van der Waals surface area contributed by atoms with Crippen LogP contribution in [0.3, 0.4) is 0 Å². The predicted molar refractivity (Wildman–Crippen MR) is 98.9 cm³/mol. The maximum Gasteiger partial charge on any atom is 0.263 e. The molecule has 1 amide bonds. The summed E-state index contributed by atoms with van der Waals surface area (Å²) in [5.74, 6) is -0.450. The van der Waals surface area contributed by atoms with Gasteiger partial charge in [0.25, 0.3) is 5.91 Å². The molecule has 1 heterocycles. The third-order valence-corrected chi connectivity index (χ3v) is 4.82. The van der Waals surface area contributed by atoms with E-state index in [2.05, 4.69) is 15.6 Å². The zero-order valence-electron chi connectivity index (χ0n) is 13.9. The SMILES string of the molecule is Cc1nc(Nc2ccc(F)cc2)sc1C(=O)N[C@@H](C)c1ccccc1. The molecule has 3 aromatic rings. The van der Waals surface area contributed by atoms with Crippen molar-refractivity contribution in [1.29, 1.82) is 0 Å². The Morgan fingerprint density at radius 1 is 1.12 bits per heavy atom. The fourth-order valence-corrected chi connectivity index (χ4v) is 3.29. The van der Waals surface area contributed by atoms with Crippen molar-refractivity contribution in [2.75, 3.05) is 5.32 Å². The van der Waals surface area contributed by atoms with E-state index < -0.39 is 0 Å². The second-order valence-corrected chi connectivity index (χ2v) is 6.67. The van der Waals surface area contributed by atoms with Crippen molar-refractivity contribution in [2.24, 2.45) is 0 Å². The zero-order valence-corrected chi connectivity index (χ0v) is 14.7. The molecule has 0 aliphatic rings. The maximum atomic E-state index is 13.0. The van der Waals surface area contributed by atoms with Crippen molar-refractivity contribution in [3.63, 3.8) is 0 Å². The minimum absolute atomic E-state index is 0.0938. The number of hydrogen-bond donors (Lipinski definition) is 2. The van der Waals surface area contributed by atoms with Crippen molar-refractivity contribution in [1.82, 2.24) is 10.3 Å². The number of amides is 1. The second kappa shape index (κ2) is 7.44. The molecule has 4 nitrogen and oxygen atoms in total. The van der Waals surface area contributed by atoms with Gasteiger partial charge < -0.3 is 10.6 Å². The Balaban J connectivity index is 1.71. The molecular weight excluding hydrogens is 337 g/mol. The van der Waals surface area contributed by atoms with E-state index in [1.807, 2.05) is 37.3 Å². The van der Waals surface area contributed by atoms with E-state index in [1.54, 1.807) is 19.1 Å². The number of anilines is 2. The highest BCUT2D eigenvalue weighted by Gasteiger charge is 2.18. The number of carbonyl (C=O) groups is 1. The molecular formula is C19H18FN3OS. The molecule has 0 spiro atoms. The van der Waals surface area contributed by atoms with Crippen molar-refractivity contribution >= 4 is 28.1 Å². The summed E-state index contributed by atoms with van der Waals surface area (Å²) < 4.78 is 13.0. The first-order valence-electron chi connectivity index (χ1n) is 7.89.